The lowest BCUT2D eigenvalue weighted by Crippen LogP contribution is -2.27. The largest absolute Gasteiger partial charge is 0.366 e. The third kappa shape index (κ3) is 4.59. The van der Waals surface area contributed by atoms with Crippen LogP contribution in [-0.4, -0.2) is 18.4 Å². The number of nitrogens with one attached hydrogen (secondary N) is 1. The van der Waals surface area contributed by atoms with Gasteiger partial charge in [-0.3, -0.25) is 9.59 Å². The molecule has 0 heterocycles. The van der Waals surface area contributed by atoms with E-state index in [9.17, 15) is 9.59 Å². The molecule has 0 atom stereocenters. The van der Waals surface area contributed by atoms with Crippen molar-refractivity contribution < 1.29 is 9.59 Å². The van der Waals surface area contributed by atoms with Crippen molar-refractivity contribution in [2.45, 2.75) is 5.92 Å². The quantitative estimate of drug-likeness (QED) is 0.800. The molecule has 0 aliphatic rings. The first-order valence-corrected chi connectivity index (χ1v) is 7.02. The topological polar surface area (TPSA) is 72.2 Å². The molecule has 0 aliphatic carbocycles. The second-order valence-corrected chi connectivity index (χ2v) is 4.85. The van der Waals surface area contributed by atoms with Gasteiger partial charge in [0, 0.05) is 24.6 Å². The van der Waals surface area contributed by atoms with E-state index in [2.05, 4.69) is 5.32 Å². The molecule has 112 valence electrons. The summed E-state index contributed by atoms with van der Waals surface area (Å²) in [7, 11) is 0. The van der Waals surface area contributed by atoms with Gasteiger partial charge < -0.3 is 11.1 Å². The van der Waals surface area contributed by atoms with Gasteiger partial charge in [0.05, 0.1) is 0 Å². The zero-order chi connectivity index (χ0) is 15.8. The average Bonchev–Trinajstić information content (AvgIpc) is 2.55. The van der Waals surface area contributed by atoms with Gasteiger partial charge in [0.1, 0.15) is 0 Å². The second-order valence-electron chi connectivity index (χ2n) is 4.85. The van der Waals surface area contributed by atoms with Crippen molar-refractivity contribution in [3.63, 3.8) is 0 Å². The van der Waals surface area contributed by atoms with Crippen molar-refractivity contribution in [1.29, 1.82) is 0 Å². The monoisotopic (exact) mass is 294 g/mol. The summed E-state index contributed by atoms with van der Waals surface area (Å²) in [6.07, 6.45) is 2.20. The van der Waals surface area contributed by atoms with Gasteiger partial charge in [-0.1, -0.05) is 60.7 Å². The van der Waals surface area contributed by atoms with E-state index in [1.807, 2.05) is 60.7 Å². The van der Waals surface area contributed by atoms with Crippen molar-refractivity contribution in [1.82, 2.24) is 5.32 Å². The Morgan fingerprint density at radius 1 is 0.909 bits per heavy atom. The summed E-state index contributed by atoms with van der Waals surface area (Å²) in [6.45, 7) is 0.440. The third-order valence-electron chi connectivity index (χ3n) is 3.28. The summed E-state index contributed by atoms with van der Waals surface area (Å²) in [5, 5.41) is 2.80. The van der Waals surface area contributed by atoms with Gasteiger partial charge in [0.2, 0.25) is 11.8 Å². The lowest BCUT2D eigenvalue weighted by Gasteiger charge is -2.18. The molecule has 0 spiro atoms. The Bertz CT molecular complexity index is 612. The molecule has 0 aliphatic heterocycles. The molecule has 4 heteroatoms. The number of benzene rings is 2. The molecule has 2 aromatic rings. The van der Waals surface area contributed by atoms with E-state index in [1.165, 1.54) is 0 Å². The van der Waals surface area contributed by atoms with E-state index < -0.39 is 5.91 Å². The average molecular weight is 294 g/mol. The van der Waals surface area contributed by atoms with Gasteiger partial charge in [0.15, 0.2) is 0 Å². The minimum Gasteiger partial charge on any atom is -0.366 e. The molecule has 0 bridgehead atoms. The number of amides is 2. The summed E-state index contributed by atoms with van der Waals surface area (Å²) in [5.74, 6) is -0.929. The fourth-order valence-corrected chi connectivity index (χ4v) is 2.22. The van der Waals surface area contributed by atoms with Gasteiger partial charge in [-0.2, -0.15) is 0 Å². The van der Waals surface area contributed by atoms with Crippen molar-refractivity contribution in [2.75, 3.05) is 6.54 Å². The van der Waals surface area contributed by atoms with E-state index in [-0.39, 0.29) is 11.8 Å². The van der Waals surface area contributed by atoms with Crippen molar-refractivity contribution in [2.24, 2.45) is 5.73 Å². The molecule has 2 aromatic carbocycles. The van der Waals surface area contributed by atoms with Crippen LogP contribution in [0.4, 0.5) is 0 Å². The molecule has 3 N–H and O–H groups in total. The van der Waals surface area contributed by atoms with E-state index >= 15 is 0 Å². The van der Waals surface area contributed by atoms with Crippen molar-refractivity contribution in [3.05, 3.63) is 83.9 Å². The summed E-state index contributed by atoms with van der Waals surface area (Å²) in [5.41, 5.74) is 7.21. The first-order chi connectivity index (χ1) is 10.7. The van der Waals surface area contributed by atoms with Crippen LogP contribution in [-0.2, 0) is 9.59 Å². The minimum absolute atomic E-state index is 0.0494. The van der Waals surface area contributed by atoms with Crippen LogP contribution in [0.3, 0.4) is 0 Å². The van der Waals surface area contributed by atoms with Gasteiger partial charge in [0.25, 0.3) is 0 Å². The number of carbonyl (C=O) groups is 2. The lowest BCUT2D eigenvalue weighted by atomic mass is 9.91. The molecular formula is C18H18N2O2. The summed E-state index contributed by atoms with van der Waals surface area (Å²) < 4.78 is 0. The molecule has 0 radical (unpaired) electrons. The first kappa shape index (κ1) is 15.5. The molecule has 0 aromatic heterocycles. The Kier molecular flexibility index (Phi) is 5.49. The van der Waals surface area contributed by atoms with Crippen LogP contribution in [0.5, 0.6) is 0 Å². The smallest absolute Gasteiger partial charge is 0.244 e. The standard InChI is InChI=1S/C18H18N2O2/c19-17(21)11-12-18(22)20-13-16(14-7-3-1-4-8-14)15-9-5-2-6-10-15/h1-12,16H,13H2,(H2,19,21)(H,20,22)/b12-11+. The van der Waals surface area contributed by atoms with Gasteiger partial charge in [-0.05, 0) is 11.1 Å². The van der Waals surface area contributed by atoms with Crippen molar-refractivity contribution in [3.8, 4) is 0 Å². The summed E-state index contributed by atoms with van der Waals surface area (Å²) in [6, 6.07) is 19.9. The molecule has 0 unspecified atom stereocenters. The second kappa shape index (κ2) is 7.78. The van der Waals surface area contributed by atoms with Crippen molar-refractivity contribution >= 4 is 11.8 Å². The van der Waals surface area contributed by atoms with Gasteiger partial charge >= 0.3 is 0 Å². The van der Waals surface area contributed by atoms with Crippen LogP contribution < -0.4 is 11.1 Å². The highest BCUT2D eigenvalue weighted by molar-refractivity contribution is 5.95. The normalized spacial score (nSPS) is 10.8. The highest BCUT2D eigenvalue weighted by Gasteiger charge is 2.14. The van der Waals surface area contributed by atoms with E-state index in [1.54, 1.807) is 0 Å². The highest BCUT2D eigenvalue weighted by atomic mass is 16.2. The molecule has 0 saturated heterocycles. The maximum Gasteiger partial charge on any atom is 0.244 e. The Hall–Kier alpha value is -2.88. The highest BCUT2D eigenvalue weighted by Crippen LogP contribution is 2.23. The van der Waals surface area contributed by atoms with Crippen LogP contribution in [0.15, 0.2) is 72.8 Å². The number of carbonyl (C=O) groups excluding carboxylic acids is 2. The molecular weight excluding hydrogens is 276 g/mol. The molecule has 2 rings (SSSR count). The zero-order valence-corrected chi connectivity index (χ0v) is 12.1. The summed E-state index contributed by atoms with van der Waals surface area (Å²) in [4.78, 5) is 22.3. The Morgan fingerprint density at radius 3 is 1.86 bits per heavy atom. The molecule has 0 fully saturated rings. The van der Waals surface area contributed by atoms with E-state index in [0.29, 0.717) is 6.54 Å². The summed E-state index contributed by atoms with van der Waals surface area (Å²) >= 11 is 0. The minimum atomic E-state index is -0.641. The fourth-order valence-electron chi connectivity index (χ4n) is 2.22. The number of hydrogen-bond donors (Lipinski definition) is 2. The van der Waals surface area contributed by atoms with Crippen LogP contribution >= 0.6 is 0 Å². The third-order valence-corrected chi connectivity index (χ3v) is 3.28. The maximum absolute atomic E-state index is 11.7. The van der Waals surface area contributed by atoms with Crippen LogP contribution in [0.1, 0.15) is 17.0 Å². The van der Waals surface area contributed by atoms with E-state index in [4.69, 9.17) is 5.73 Å². The molecule has 4 nitrogen and oxygen atoms in total. The first-order valence-electron chi connectivity index (χ1n) is 7.02. The van der Waals surface area contributed by atoms with E-state index in [0.717, 1.165) is 23.3 Å². The maximum atomic E-state index is 11.7. The Labute approximate surface area is 129 Å². The Morgan fingerprint density at radius 2 is 1.41 bits per heavy atom. The van der Waals surface area contributed by atoms with Gasteiger partial charge in [-0.15, -0.1) is 0 Å². The number of rotatable bonds is 6. The van der Waals surface area contributed by atoms with Crippen LogP contribution in [0.2, 0.25) is 0 Å². The fraction of sp³-hybridized carbons (Fsp3) is 0.111. The zero-order valence-electron chi connectivity index (χ0n) is 12.1. The molecule has 2 amide bonds. The number of primary amides is 1. The Balaban J connectivity index is 2.13. The number of nitrogens with two attached hydrogens (primary N) is 1. The SMILES string of the molecule is NC(=O)/C=C/C(=O)NCC(c1ccccc1)c1ccccc1. The predicted molar refractivity (Wildman–Crippen MR) is 86.1 cm³/mol. The van der Waals surface area contributed by atoms with Crippen LogP contribution in [0, 0.1) is 0 Å². The van der Waals surface area contributed by atoms with Crippen LogP contribution in [0.25, 0.3) is 0 Å². The predicted octanol–water partition coefficient (Wildman–Crippen LogP) is 1.98. The lowest BCUT2D eigenvalue weighted by molar-refractivity contribution is -0.117. The molecule has 0 saturated carbocycles. The van der Waals surface area contributed by atoms with Gasteiger partial charge in [-0.25, -0.2) is 0 Å². The molecule has 22 heavy (non-hydrogen) atoms. The number of hydrogen-bond acceptors (Lipinski definition) is 2.